The Labute approximate surface area is 207 Å². The van der Waals surface area contributed by atoms with E-state index in [1.54, 1.807) is 60.8 Å². The van der Waals surface area contributed by atoms with E-state index in [4.69, 9.17) is 0 Å². The Morgan fingerprint density at radius 2 is 1.57 bits per heavy atom. The number of thiophene rings is 1. The number of para-hydroxylation sites is 1. The number of aromatic nitrogens is 1. The number of carbonyl (C=O) groups excluding carboxylic acids is 1. The highest BCUT2D eigenvalue weighted by molar-refractivity contribution is 7.94. The van der Waals surface area contributed by atoms with Gasteiger partial charge in [-0.25, -0.2) is 13.2 Å². The highest BCUT2D eigenvalue weighted by atomic mass is 32.2. The van der Waals surface area contributed by atoms with E-state index in [1.807, 2.05) is 30.3 Å². The van der Waals surface area contributed by atoms with Crippen molar-refractivity contribution < 1.29 is 18.3 Å². The molecule has 0 fully saturated rings. The Kier molecular flexibility index (Phi) is 7.76. The number of aliphatic hydroxyl groups is 1. The first-order valence-corrected chi connectivity index (χ1v) is 13.1. The van der Waals surface area contributed by atoms with Crippen molar-refractivity contribution in [1.29, 1.82) is 0 Å². The number of nitrogens with one attached hydrogen (secondary N) is 2. The topological polar surface area (TPSA) is 112 Å². The molecule has 0 spiro atoms. The van der Waals surface area contributed by atoms with E-state index in [0.29, 0.717) is 22.8 Å². The molecule has 2 aromatic heterocycles. The molecule has 0 bridgehead atoms. The van der Waals surface area contributed by atoms with Crippen LogP contribution in [0, 0.1) is 0 Å². The summed E-state index contributed by atoms with van der Waals surface area (Å²) in [5.41, 5.74) is 2.30. The molecule has 0 radical (unpaired) electrons. The third-order valence-electron chi connectivity index (χ3n) is 5.01. The first-order chi connectivity index (χ1) is 17.0. The molecule has 0 aliphatic carbocycles. The van der Waals surface area contributed by atoms with Gasteiger partial charge in [0.25, 0.3) is 10.0 Å². The van der Waals surface area contributed by atoms with Crippen LogP contribution in [0.2, 0.25) is 0 Å². The van der Waals surface area contributed by atoms with Gasteiger partial charge in [-0.2, -0.15) is 0 Å². The van der Waals surface area contributed by atoms with Gasteiger partial charge in [-0.05, 0) is 67.1 Å². The molecule has 35 heavy (non-hydrogen) atoms. The molecule has 4 aromatic rings. The molecule has 10 heteroatoms. The van der Waals surface area contributed by atoms with Crippen molar-refractivity contribution in [3.63, 3.8) is 0 Å². The van der Waals surface area contributed by atoms with Crippen molar-refractivity contribution in [1.82, 2.24) is 4.98 Å². The van der Waals surface area contributed by atoms with E-state index in [2.05, 4.69) is 15.6 Å². The number of amides is 2. The number of urea groups is 1. The minimum absolute atomic E-state index is 0.108. The van der Waals surface area contributed by atoms with Crippen LogP contribution >= 0.6 is 11.3 Å². The number of nitrogens with zero attached hydrogens (tertiary/aromatic N) is 2. The largest absolute Gasteiger partial charge is 0.396 e. The molecule has 0 aliphatic heterocycles. The molecule has 0 saturated heterocycles. The second kappa shape index (κ2) is 11.1. The number of hydrogen-bond acceptors (Lipinski definition) is 6. The maximum Gasteiger partial charge on any atom is 0.323 e. The summed E-state index contributed by atoms with van der Waals surface area (Å²) in [6.45, 7) is -0.0358. The fourth-order valence-corrected chi connectivity index (χ4v) is 6.24. The Morgan fingerprint density at radius 1 is 0.886 bits per heavy atom. The Morgan fingerprint density at radius 3 is 2.23 bits per heavy atom. The minimum Gasteiger partial charge on any atom is -0.396 e. The van der Waals surface area contributed by atoms with E-state index in [1.165, 1.54) is 4.31 Å². The molecule has 2 heterocycles. The van der Waals surface area contributed by atoms with Crippen LogP contribution in [0.1, 0.15) is 6.42 Å². The van der Waals surface area contributed by atoms with Crippen molar-refractivity contribution >= 4 is 44.5 Å². The average Bonchev–Trinajstić information content (AvgIpc) is 3.38. The second-order valence-electron chi connectivity index (χ2n) is 7.48. The van der Waals surface area contributed by atoms with Crippen LogP contribution in [-0.2, 0) is 10.0 Å². The molecule has 2 aromatic carbocycles. The summed E-state index contributed by atoms with van der Waals surface area (Å²) >= 11 is 1.14. The number of benzene rings is 2. The summed E-state index contributed by atoms with van der Waals surface area (Å²) in [5, 5.41) is 14.8. The van der Waals surface area contributed by atoms with E-state index >= 15 is 0 Å². The van der Waals surface area contributed by atoms with Gasteiger partial charge in [0, 0.05) is 30.7 Å². The lowest BCUT2D eigenvalue weighted by molar-refractivity contribution is 0.262. The second-order valence-corrected chi connectivity index (χ2v) is 10.7. The van der Waals surface area contributed by atoms with Gasteiger partial charge in [0.1, 0.15) is 4.21 Å². The number of rotatable bonds is 9. The standard InChI is InChI=1S/C25H24N4O4S2/c30-18-6-17-29(35(32,33)24-15-14-23(34-24)22-9-4-5-16-26-22)21-12-10-20(11-13-21)28-25(31)27-19-7-2-1-3-8-19/h1-5,7-16,30H,6,17-18H2,(H2,27,28,31). The molecule has 0 atom stereocenters. The van der Waals surface area contributed by atoms with Gasteiger partial charge in [-0.1, -0.05) is 24.3 Å². The Bertz CT molecular complexity index is 1360. The number of hydrogen-bond donors (Lipinski definition) is 3. The van der Waals surface area contributed by atoms with Crippen LogP contribution < -0.4 is 14.9 Å². The van der Waals surface area contributed by atoms with E-state index in [-0.39, 0.29) is 23.8 Å². The van der Waals surface area contributed by atoms with Gasteiger partial charge in [0.2, 0.25) is 0 Å². The predicted octanol–water partition coefficient (Wildman–Crippen LogP) is 5.03. The Balaban J connectivity index is 1.53. The molecule has 0 unspecified atom stereocenters. The van der Waals surface area contributed by atoms with Gasteiger partial charge in [0.05, 0.1) is 16.3 Å². The molecule has 180 valence electrons. The maximum absolute atomic E-state index is 13.5. The highest BCUT2D eigenvalue weighted by Gasteiger charge is 2.27. The van der Waals surface area contributed by atoms with Crippen molar-refractivity contribution in [3.05, 3.63) is 91.1 Å². The first kappa shape index (κ1) is 24.4. The normalized spacial score (nSPS) is 11.1. The SMILES string of the molecule is O=C(Nc1ccccc1)Nc1ccc(N(CCCO)S(=O)(=O)c2ccc(-c3ccccn3)s2)cc1. The summed E-state index contributed by atoms with van der Waals surface area (Å²) in [6.07, 6.45) is 1.93. The molecular formula is C25H24N4O4S2. The maximum atomic E-state index is 13.5. The van der Waals surface area contributed by atoms with E-state index in [9.17, 15) is 18.3 Å². The van der Waals surface area contributed by atoms with Crippen LogP contribution in [0.5, 0.6) is 0 Å². The fourth-order valence-electron chi connectivity index (χ4n) is 3.34. The number of pyridine rings is 1. The highest BCUT2D eigenvalue weighted by Crippen LogP contribution is 2.33. The number of aliphatic hydroxyl groups excluding tert-OH is 1. The fraction of sp³-hybridized carbons (Fsp3) is 0.120. The van der Waals surface area contributed by atoms with Crippen molar-refractivity contribution in [3.8, 4) is 10.6 Å². The molecule has 3 N–H and O–H groups in total. The lowest BCUT2D eigenvalue weighted by Crippen LogP contribution is -2.32. The van der Waals surface area contributed by atoms with Gasteiger partial charge >= 0.3 is 6.03 Å². The zero-order chi connectivity index (χ0) is 24.7. The summed E-state index contributed by atoms with van der Waals surface area (Å²) in [5.74, 6) is 0. The van der Waals surface area contributed by atoms with Crippen molar-refractivity contribution in [2.24, 2.45) is 0 Å². The summed E-state index contributed by atoms with van der Waals surface area (Å²) < 4.78 is 28.5. The Hall–Kier alpha value is -3.73. The molecule has 0 saturated carbocycles. The number of sulfonamides is 1. The predicted molar refractivity (Wildman–Crippen MR) is 139 cm³/mol. The lowest BCUT2D eigenvalue weighted by Gasteiger charge is -2.23. The summed E-state index contributed by atoms with van der Waals surface area (Å²) in [7, 11) is -3.88. The first-order valence-electron chi connectivity index (χ1n) is 10.9. The van der Waals surface area contributed by atoms with Gasteiger partial charge in [0.15, 0.2) is 0 Å². The lowest BCUT2D eigenvalue weighted by atomic mass is 10.2. The summed E-state index contributed by atoms with van der Waals surface area (Å²) in [6, 6.07) is 23.9. The monoisotopic (exact) mass is 508 g/mol. The number of carbonyl (C=O) groups is 1. The van der Waals surface area contributed by atoms with E-state index < -0.39 is 16.1 Å². The molecular weight excluding hydrogens is 484 g/mol. The molecule has 8 nitrogen and oxygen atoms in total. The van der Waals surface area contributed by atoms with Crippen LogP contribution in [0.4, 0.5) is 21.9 Å². The average molecular weight is 509 g/mol. The zero-order valence-electron chi connectivity index (χ0n) is 18.7. The van der Waals surface area contributed by atoms with Gasteiger partial charge < -0.3 is 15.7 Å². The smallest absolute Gasteiger partial charge is 0.323 e. The van der Waals surface area contributed by atoms with Crippen molar-refractivity contribution in [2.75, 3.05) is 28.1 Å². The third-order valence-corrected chi connectivity index (χ3v) is 8.41. The van der Waals surface area contributed by atoms with E-state index in [0.717, 1.165) is 16.2 Å². The van der Waals surface area contributed by atoms with Crippen LogP contribution in [0.15, 0.2) is 95.3 Å². The molecule has 2 amide bonds. The summed E-state index contributed by atoms with van der Waals surface area (Å²) in [4.78, 5) is 17.3. The number of anilines is 3. The van der Waals surface area contributed by atoms with Crippen molar-refractivity contribution in [2.45, 2.75) is 10.6 Å². The van der Waals surface area contributed by atoms with Crippen LogP contribution in [-0.4, -0.2) is 37.7 Å². The quantitative estimate of drug-likeness (QED) is 0.294. The van der Waals surface area contributed by atoms with Crippen LogP contribution in [0.25, 0.3) is 10.6 Å². The van der Waals surface area contributed by atoms with Gasteiger partial charge in [-0.3, -0.25) is 9.29 Å². The molecule has 0 aliphatic rings. The zero-order valence-corrected chi connectivity index (χ0v) is 20.3. The van der Waals surface area contributed by atoms with Gasteiger partial charge in [-0.15, -0.1) is 11.3 Å². The molecule has 4 rings (SSSR count). The minimum atomic E-state index is -3.88. The third kappa shape index (κ3) is 6.04. The van der Waals surface area contributed by atoms with Crippen LogP contribution in [0.3, 0.4) is 0 Å².